The minimum Gasteiger partial charge on any atom is -0.320 e. The van der Waals surface area contributed by atoms with Crippen LogP contribution >= 0.6 is 0 Å². The van der Waals surface area contributed by atoms with Crippen molar-refractivity contribution in [1.29, 1.82) is 0 Å². The molecule has 2 aromatic heterocycles. The SMILES string of the molecule is O=C(Nc1cccc2cccnc12)c1cncc(C(=O)N2CCc3ccccc32)c1. The van der Waals surface area contributed by atoms with Crippen LogP contribution in [0.25, 0.3) is 10.9 Å². The molecule has 3 heterocycles. The molecule has 1 aliphatic heterocycles. The fourth-order valence-electron chi connectivity index (χ4n) is 3.79. The van der Waals surface area contributed by atoms with Gasteiger partial charge in [-0.25, -0.2) is 0 Å². The maximum Gasteiger partial charge on any atom is 0.259 e. The lowest BCUT2D eigenvalue weighted by atomic mass is 10.1. The second-order valence-electron chi connectivity index (χ2n) is 7.13. The standard InChI is InChI=1S/C24H18N4O2/c29-23(27-20-8-3-6-17-7-4-11-26-22(17)20)18-13-19(15-25-14-18)24(30)28-12-10-16-5-1-2-9-21(16)28/h1-9,11,13-15H,10,12H2,(H,27,29). The topological polar surface area (TPSA) is 75.2 Å². The van der Waals surface area contributed by atoms with E-state index in [1.165, 1.54) is 12.4 Å². The lowest BCUT2D eigenvalue weighted by molar-refractivity contribution is 0.0989. The van der Waals surface area contributed by atoms with Gasteiger partial charge < -0.3 is 10.2 Å². The molecule has 6 nitrogen and oxygen atoms in total. The second-order valence-corrected chi connectivity index (χ2v) is 7.13. The number of rotatable bonds is 3. The van der Waals surface area contributed by atoms with Crippen LogP contribution in [0.5, 0.6) is 0 Å². The zero-order valence-electron chi connectivity index (χ0n) is 16.1. The Labute approximate surface area is 173 Å². The molecular formula is C24H18N4O2. The highest BCUT2D eigenvalue weighted by Gasteiger charge is 2.25. The lowest BCUT2D eigenvalue weighted by Crippen LogP contribution is -2.29. The molecule has 2 amide bonds. The van der Waals surface area contributed by atoms with Crippen LogP contribution in [0.15, 0.2) is 79.3 Å². The van der Waals surface area contributed by atoms with E-state index in [0.717, 1.165) is 23.1 Å². The van der Waals surface area contributed by atoms with Crippen LogP contribution in [0, 0.1) is 0 Å². The van der Waals surface area contributed by atoms with Crippen molar-refractivity contribution in [2.45, 2.75) is 6.42 Å². The van der Waals surface area contributed by atoms with Gasteiger partial charge in [-0.3, -0.25) is 19.6 Å². The third kappa shape index (κ3) is 3.18. The van der Waals surface area contributed by atoms with Crippen molar-refractivity contribution in [1.82, 2.24) is 9.97 Å². The van der Waals surface area contributed by atoms with Crippen molar-refractivity contribution in [2.24, 2.45) is 0 Å². The highest BCUT2D eigenvalue weighted by atomic mass is 16.2. The molecule has 0 spiro atoms. The monoisotopic (exact) mass is 394 g/mol. The normalized spacial score (nSPS) is 12.6. The fourth-order valence-corrected chi connectivity index (χ4v) is 3.79. The Morgan fingerprint density at radius 3 is 2.70 bits per heavy atom. The van der Waals surface area contributed by atoms with Gasteiger partial charge in [0.1, 0.15) is 0 Å². The van der Waals surface area contributed by atoms with Crippen LogP contribution in [0.2, 0.25) is 0 Å². The Morgan fingerprint density at radius 2 is 1.77 bits per heavy atom. The molecule has 0 bridgehead atoms. The smallest absolute Gasteiger partial charge is 0.259 e. The summed E-state index contributed by atoms with van der Waals surface area (Å²) in [4.78, 5) is 36.1. The number of benzene rings is 2. The largest absolute Gasteiger partial charge is 0.320 e. The Hall–Kier alpha value is -4.06. The molecule has 146 valence electrons. The predicted octanol–water partition coefficient (Wildman–Crippen LogP) is 4.09. The molecule has 0 fully saturated rings. The van der Waals surface area contributed by atoms with E-state index in [1.807, 2.05) is 48.5 Å². The molecule has 0 saturated heterocycles. The molecule has 2 aromatic carbocycles. The van der Waals surface area contributed by atoms with E-state index in [2.05, 4.69) is 15.3 Å². The number of hydrogen-bond acceptors (Lipinski definition) is 4. The van der Waals surface area contributed by atoms with Crippen LogP contribution in [0.4, 0.5) is 11.4 Å². The minimum absolute atomic E-state index is 0.158. The van der Waals surface area contributed by atoms with Gasteiger partial charge in [0.25, 0.3) is 11.8 Å². The minimum atomic E-state index is -0.336. The number of fused-ring (bicyclic) bond motifs is 2. The van der Waals surface area contributed by atoms with E-state index >= 15 is 0 Å². The van der Waals surface area contributed by atoms with Crippen LogP contribution in [-0.2, 0) is 6.42 Å². The number of amides is 2. The van der Waals surface area contributed by atoms with E-state index in [0.29, 0.717) is 28.9 Å². The number of nitrogens with zero attached hydrogens (tertiary/aromatic N) is 3. The van der Waals surface area contributed by atoms with Gasteiger partial charge in [0.15, 0.2) is 0 Å². The van der Waals surface area contributed by atoms with Crippen LogP contribution in [0.3, 0.4) is 0 Å². The van der Waals surface area contributed by atoms with Crippen LogP contribution in [-0.4, -0.2) is 28.3 Å². The average molecular weight is 394 g/mol. The van der Waals surface area contributed by atoms with Gasteiger partial charge in [0.05, 0.1) is 22.3 Å². The van der Waals surface area contributed by atoms with E-state index in [9.17, 15) is 9.59 Å². The molecule has 0 unspecified atom stereocenters. The average Bonchev–Trinajstić information content (AvgIpc) is 3.23. The first kappa shape index (κ1) is 18.0. The van der Waals surface area contributed by atoms with Gasteiger partial charge in [-0.2, -0.15) is 0 Å². The highest BCUT2D eigenvalue weighted by Crippen LogP contribution is 2.29. The molecule has 30 heavy (non-hydrogen) atoms. The number of nitrogens with one attached hydrogen (secondary N) is 1. The molecule has 0 aliphatic carbocycles. The molecule has 0 atom stereocenters. The summed E-state index contributed by atoms with van der Waals surface area (Å²) in [7, 11) is 0. The fraction of sp³-hybridized carbons (Fsp3) is 0.0833. The van der Waals surface area contributed by atoms with E-state index in [1.54, 1.807) is 23.2 Å². The summed E-state index contributed by atoms with van der Waals surface area (Å²) in [6.45, 7) is 0.621. The first-order valence-corrected chi connectivity index (χ1v) is 9.70. The molecule has 0 saturated carbocycles. The molecular weight excluding hydrogens is 376 g/mol. The zero-order chi connectivity index (χ0) is 20.5. The molecule has 0 radical (unpaired) electrons. The Bertz CT molecular complexity index is 1280. The van der Waals surface area contributed by atoms with Gasteiger partial charge in [-0.15, -0.1) is 0 Å². The quantitative estimate of drug-likeness (QED) is 0.568. The number of carbonyl (C=O) groups excluding carboxylic acids is 2. The summed E-state index contributed by atoms with van der Waals surface area (Å²) in [5.74, 6) is -0.494. The van der Waals surface area contributed by atoms with Gasteiger partial charge in [0, 0.05) is 36.2 Å². The lowest BCUT2D eigenvalue weighted by Gasteiger charge is -2.17. The first-order chi connectivity index (χ1) is 14.7. The van der Waals surface area contributed by atoms with Crippen molar-refractivity contribution >= 4 is 34.1 Å². The van der Waals surface area contributed by atoms with Gasteiger partial charge in [-0.1, -0.05) is 36.4 Å². The third-order valence-electron chi connectivity index (χ3n) is 5.26. The first-order valence-electron chi connectivity index (χ1n) is 9.70. The van der Waals surface area contributed by atoms with Crippen molar-refractivity contribution < 1.29 is 9.59 Å². The van der Waals surface area contributed by atoms with Crippen molar-refractivity contribution in [3.05, 3.63) is 95.9 Å². The molecule has 1 N–H and O–H groups in total. The zero-order valence-corrected chi connectivity index (χ0v) is 16.1. The van der Waals surface area contributed by atoms with Gasteiger partial charge >= 0.3 is 0 Å². The molecule has 1 aliphatic rings. The van der Waals surface area contributed by atoms with Crippen molar-refractivity contribution in [3.8, 4) is 0 Å². The van der Waals surface area contributed by atoms with E-state index in [-0.39, 0.29) is 11.8 Å². The summed E-state index contributed by atoms with van der Waals surface area (Å²) >= 11 is 0. The van der Waals surface area contributed by atoms with Crippen molar-refractivity contribution in [3.63, 3.8) is 0 Å². The van der Waals surface area contributed by atoms with Crippen LogP contribution in [0.1, 0.15) is 26.3 Å². The van der Waals surface area contributed by atoms with Gasteiger partial charge in [0.2, 0.25) is 0 Å². The number of pyridine rings is 2. The molecule has 4 aromatic rings. The maximum absolute atomic E-state index is 13.1. The second kappa shape index (κ2) is 7.40. The Balaban J connectivity index is 1.41. The predicted molar refractivity (Wildman–Crippen MR) is 116 cm³/mol. The number of anilines is 2. The van der Waals surface area contributed by atoms with Crippen molar-refractivity contribution in [2.75, 3.05) is 16.8 Å². The Morgan fingerprint density at radius 1 is 0.933 bits per heavy atom. The van der Waals surface area contributed by atoms with Crippen LogP contribution < -0.4 is 10.2 Å². The molecule has 6 heteroatoms. The summed E-state index contributed by atoms with van der Waals surface area (Å²) in [6.07, 6.45) is 5.47. The summed E-state index contributed by atoms with van der Waals surface area (Å²) < 4.78 is 0. The van der Waals surface area contributed by atoms with E-state index < -0.39 is 0 Å². The number of carbonyl (C=O) groups is 2. The van der Waals surface area contributed by atoms with Gasteiger partial charge in [-0.05, 0) is 36.2 Å². The summed E-state index contributed by atoms with van der Waals surface area (Å²) in [5.41, 5.74) is 4.09. The van der Waals surface area contributed by atoms with E-state index in [4.69, 9.17) is 0 Å². The maximum atomic E-state index is 13.1. The number of aromatic nitrogens is 2. The highest BCUT2D eigenvalue weighted by molar-refractivity contribution is 6.11. The summed E-state index contributed by atoms with van der Waals surface area (Å²) in [5, 5.41) is 3.82. The number of para-hydroxylation sites is 2. The summed E-state index contributed by atoms with van der Waals surface area (Å²) in [6, 6.07) is 18.8. The third-order valence-corrected chi connectivity index (χ3v) is 5.26. The number of hydrogen-bond donors (Lipinski definition) is 1. The molecule has 5 rings (SSSR count). The Kier molecular flexibility index (Phi) is 4.44.